The maximum absolute atomic E-state index is 13.5. The number of aliphatic hydroxyl groups excluding tert-OH is 11. The summed E-state index contributed by atoms with van der Waals surface area (Å²) in [7, 11) is 0. The summed E-state index contributed by atoms with van der Waals surface area (Å²) < 4.78 is 34.5. The minimum atomic E-state index is -1.98. The van der Waals surface area contributed by atoms with E-state index in [9.17, 15) is 61.0 Å². The third-order valence-corrected chi connectivity index (χ3v) is 18.4. The fourth-order valence-corrected chi connectivity index (χ4v) is 12.3. The molecule has 12 N–H and O–H groups in total. The van der Waals surface area contributed by atoms with Crippen molar-refractivity contribution in [3.8, 4) is 0 Å². The van der Waals surface area contributed by atoms with E-state index in [0.29, 0.717) is 12.8 Å². The topological polar surface area (TPSA) is 307 Å². The van der Waals surface area contributed by atoms with Crippen LogP contribution in [0, 0.1) is 0 Å². The van der Waals surface area contributed by atoms with Crippen molar-refractivity contribution in [2.24, 2.45) is 0 Å². The number of rotatable bonds is 58. The molecule has 3 saturated heterocycles. The van der Waals surface area contributed by atoms with Crippen LogP contribution in [-0.2, 0) is 33.2 Å². The molecule has 3 fully saturated rings. The van der Waals surface area contributed by atoms with Crippen LogP contribution in [0.4, 0.5) is 0 Å². The molecule has 0 saturated carbocycles. The summed E-state index contributed by atoms with van der Waals surface area (Å²) in [5.41, 5.74) is 0. The number of aliphatic hydroxyl groups is 11. The molecule has 3 heterocycles. The molecule has 0 radical (unpaired) electrons. The molecule has 0 spiro atoms. The van der Waals surface area contributed by atoms with Gasteiger partial charge in [0.1, 0.15) is 73.2 Å². The molecule has 0 aromatic carbocycles. The highest BCUT2D eigenvalue weighted by Crippen LogP contribution is 2.33. The molecule has 0 aliphatic carbocycles. The van der Waals surface area contributed by atoms with Crippen LogP contribution >= 0.6 is 0 Å². The van der Waals surface area contributed by atoms with E-state index in [1.807, 2.05) is 0 Å². The summed E-state index contributed by atoms with van der Waals surface area (Å²) in [6.07, 6.45) is 50.5. The van der Waals surface area contributed by atoms with E-state index >= 15 is 0 Å². The van der Waals surface area contributed by atoms with E-state index in [1.165, 1.54) is 116 Å². The first-order valence-corrected chi connectivity index (χ1v) is 38.0. The van der Waals surface area contributed by atoms with Gasteiger partial charge in [-0.1, -0.05) is 272 Å². The molecular formula is C78H135NO18. The second kappa shape index (κ2) is 58.2. The minimum Gasteiger partial charge on any atom is -0.394 e. The van der Waals surface area contributed by atoms with Gasteiger partial charge in [-0.15, -0.1) is 0 Å². The van der Waals surface area contributed by atoms with Gasteiger partial charge in [-0.05, 0) is 77.0 Å². The van der Waals surface area contributed by atoms with E-state index in [2.05, 4.69) is 116 Å². The van der Waals surface area contributed by atoms with Crippen LogP contribution in [0.1, 0.15) is 258 Å². The third kappa shape index (κ3) is 39.1. The Hall–Kier alpha value is -3.29. The van der Waals surface area contributed by atoms with Crippen molar-refractivity contribution in [2.75, 3.05) is 26.4 Å². The highest BCUT2D eigenvalue weighted by Gasteiger charge is 2.53. The summed E-state index contributed by atoms with van der Waals surface area (Å²) in [6.45, 7) is 1.69. The first-order valence-electron chi connectivity index (χ1n) is 38.0. The molecule has 0 aromatic heterocycles. The van der Waals surface area contributed by atoms with Gasteiger partial charge in [0.15, 0.2) is 18.9 Å². The van der Waals surface area contributed by atoms with Crippen LogP contribution in [0.3, 0.4) is 0 Å². The lowest BCUT2D eigenvalue weighted by Crippen LogP contribution is -2.66. The molecule has 19 nitrogen and oxygen atoms in total. The van der Waals surface area contributed by atoms with Crippen LogP contribution in [0.25, 0.3) is 0 Å². The van der Waals surface area contributed by atoms with Gasteiger partial charge >= 0.3 is 0 Å². The van der Waals surface area contributed by atoms with Gasteiger partial charge in [0.25, 0.3) is 0 Å². The number of hydrogen-bond acceptors (Lipinski definition) is 18. The molecular weight excluding hydrogens is 1240 g/mol. The molecule has 3 rings (SSSR count). The van der Waals surface area contributed by atoms with Crippen LogP contribution in [0.2, 0.25) is 0 Å². The SMILES string of the molecule is CC/C=C\C/C=C\C/C=C\C/C=C\C/C=C\C/C=C\C/C=C\C/C=C\CCCCCCCCCCCCC(=O)NC(COC1OC(CO)C(OC2OC(CO)C(OC3OC(CO)C(O)C(O)C3O)C(O)C2O)C(O)C1O)C(O)CCCCCCCCCCCCCCCCCCC. The number of hydrogen-bond donors (Lipinski definition) is 12. The van der Waals surface area contributed by atoms with Crippen molar-refractivity contribution in [2.45, 2.75) is 362 Å². The van der Waals surface area contributed by atoms with Crippen LogP contribution < -0.4 is 5.32 Å². The van der Waals surface area contributed by atoms with Crippen molar-refractivity contribution in [3.63, 3.8) is 0 Å². The third-order valence-electron chi connectivity index (χ3n) is 18.4. The van der Waals surface area contributed by atoms with E-state index in [1.54, 1.807) is 0 Å². The van der Waals surface area contributed by atoms with Gasteiger partial charge in [-0.3, -0.25) is 4.79 Å². The van der Waals surface area contributed by atoms with Crippen LogP contribution in [-0.4, -0.2) is 193 Å². The maximum atomic E-state index is 13.5. The Labute approximate surface area is 583 Å². The normalized spacial score (nSPS) is 27.5. The summed E-state index contributed by atoms with van der Waals surface area (Å²) in [6, 6.07) is -0.896. The zero-order valence-corrected chi connectivity index (χ0v) is 59.5. The number of carbonyl (C=O) groups excluding carboxylic acids is 1. The van der Waals surface area contributed by atoms with E-state index in [0.717, 1.165) is 109 Å². The minimum absolute atomic E-state index is 0.250. The molecule has 1 amide bonds. The van der Waals surface area contributed by atoms with Gasteiger partial charge in [-0.2, -0.15) is 0 Å². The molecule has 17 atom stereocenters. The Balaban J connectivity index is 1.36. The predicted octanol–water partition coefficient (Wildman–Crippen LogP) is 11.6. The number of carbonyl (C=O) groups is 1. The summed E-state index contributed by atoms with van der Waals surface area (Å²) in [4.78, 5) is 13.5. The van der Waals surface area contributed by atoms with Gasteiger partial charge in [-0.25, -0.2) is 0 Å². The lowest BCUT2D eigenvalue weighted by Gasteiger charge is -2.48. The predicted molar refractivity (Wildman–Crippen MR) is 383 cm³/mol. The fourth-order valence-electron chi connectivity index (χ4n) is 12.3. The average Bonchev–Trinajstić information content (AvgIpc) is 0.792. The molecule has 19 heteroatoms. The molecule has 0 bridgehead atoms. The molecule has 0 aromatic rings. The average molecular weight is 1370 g/mol. The Morgan fingerprint density at radius 1 is 0.381 bits per heavy atom. The maximum Gasteiger partial charge on any atom is 0.220 e. The lowest BCUT2D eigenvalue weighted by molar-refractivity contribution is -0.379. The summed E-state index contributed by atoms with van der Waals surface area (Å²) in [5.74, 6) is -0.250. The van der Waals surface area contributed by atoms with Crippen LogP contribution in [0.5, 0.6) is 0 Å². The quantitative estimate of drug-likeness (QED) is 0.0199. The van der Waals surface area contributed by atoms with Crippen molar-refractivity contribution < 1.29 is 89.4 Å². The Morgan fingerprint density at radius 3 is 1.11 bits per heavy atom. The number of ether oxygens (including phenoxy) is 6. The first kappa shape index (κ1) is 87.9. The smallest absolute Gasteiger partial charge is 0.220 e. The van der Waals surface area contributed by atoms with E-state index < -0.39 is 124 Å². The van der Waals surface area contributed by atoms with E-state index in [4.69, 9.17) is 28.4 Å². The number of unbranched alkanes of at least 4 members (excludes halogenated alkanes) is 26. The zero-order valence-electron chi connectivity index (χ0n) is 59.5. The summed E-state index contributed by atoms with van der Waals surface area (Å²) >= 11 is 0. The van der Waals surface area contributed by atoms with E-state index in [-0.39, 0.29) is 18.9 Å². The number of amides is 1. The monoisotopic (exact) mass is 1370 g/mol. The second-order valence-corrected chi connectivity index (χ2v) is 26.7. The standard InChI is InChI=1S/C78H135NO18/c1-3-5-7-9-11-13-15-17-19-21-22-23-24-25-26-27-28-29-30-31-32-33-34-35-36-37-38-40-42-44-46-48-50-52-54-56-66(84)79-61(62(83)55-53-51-49-47-45-43-41-39-20-18-16-14-12-10-8-6-4-2)60-92-76-72(90)69(87)74(64(58-81)94-76)97-78-73(91)70(88)75(65(59-82)95-78)96-77-71(89)68(86)67(85)63(57-80)93-77/h5,7,11,13,17,19,22-23,25-26,28-29,31-32,34-35,61-65,67-78,80-83,85-91H,3-4,6,8-10,12,14-16,18,20-21,24,27,30,33,36-60H2,1-2H3,(H,79,84)/b7-5-,13-11-,19-17-,23-22-,26-25-,29-28-,32-31-,35-34-. The number of allylic oxidation sites excluding steroid dienone is 16. The van der Waals surface area contributed by atoms with Crippen molar-refractivity contribution in [3.05, 3.63) is 97.2 Å². The van der Waals surface area contributed by atoms with Gasteiger partial charge < -0.3 is 89.9 Å². The summed E-state index contributed by atoms with van der Waals surface area (Å²) in [5, 5.41) is 121. The molecule has 3 aliphatic heterocycles. The fraction of sp³-hybridized carbons (Fsp3) is 0.782. The van der Waals surface area contributed by atoms with Gasteiger partial charge in [0.2, 0.25) is 5.91 Å². The van der Waals surface area contributed by atoms with Crippen molar-refractivity contribution in [1.29, 1.82) is 0 Å². The number of nitrogens with one attached hydrogen (secondary N) is 1. The van der Waals surface area contributed by atoms with Crippen molar-refractivity contribution in [1.82, 2.24) is 5.32 Å². The lowest BCUT2D eigenvalue weighted by atomic mass is 9.96. The Morgan fingerprint density at radius 2 is 0.711 bits per heavy atom. The highest BCUT2D eigenvalue weighted by molar-refractivity contribution is 5.76. The first-order chi connectivity index (χ1) is 47.3. The largest absolute Gasteiger partial charge is 0.394 e. The Bertz CT molecular complexity index is 2130. The molecule has 560 valence electrons. The zero-order chi connectivity index (χ0) is 70.4. The molecule has 3 aliphatic rings. The van der Waals surface area contributed by atoms with Gasteiger partial charge in [0, 0.05) is 6.42 Å². The highest BCUT2D eigenvalue weighted by atomic mass is 16.8. The van der Waals surface area contributed by atoms with Gasteiger partial charge in [0.05, 0.1) is 38.6 Å². The Kier molecular flexibility index (Phi) is 52.8. The van der Waals surface area contributed by atoms with Crippen LogP contribution in [0.15, 0.2) is 97.2 Å². The molecule has 17 unspecified atom stereocenters. The molecule has 97 heavy (non-hydrogen) atoms. The van der Waals surface area contributed by atoms with Crippen molar-refractivity contribution >= 4 is 5.91 Å². The second-order valence-electron chi connectivity index (χ2n) is 26.7.